The molecule has 0 rings (SSSR count). The highest BCUT2D eigenvalue weighted by atomic mass is 14.9. The second-order valence-electron chi connectivity index (χ2n) is 5.34. The Labute approximate surface area is 87.0 Å². The van der Waals surface area contributed by atoms with Gasteiger partial charge >= 0.3 is 0 Å². The summed E-state index contributed by atoms with van der Waals surface area (Å²) in [6.07, 6.45) is 0.801. The lowest BCUT2D eigenvalue weighted by molar-refractivity contribution is 0.142. The highest BCUT2D eigenvalue weighted by molar-refractivity contribution is 5.03. The molecule has 3 nitrogen and oxygen atoms in total. The van der Waals surface area contributed by atoms with Gasteiger partial charge in [0.1, 0.15) is 0 Å². The van der Waals surface area contributed by atoms with Gasteiger partial charge in [-0.25, -0.2) is 5.53 Å². The van der Waals surface area contributed by atoms with Gasteiger partial charge in [0, 0.05) is 0 Å². The van der Waals surface area contributed by atoms with E-state index in [4.69, 9.17) is 5.53 Å². The molecule has 80 valence electrons. The van der Waals surface area contributed by atoms with E-state index in [1.165, 1.54) is 0 Å². The van der Waals surface area contributed by atoms with Crippen molar-refractivity contribution in [1.29, 1.82) is 10.8 Å². The van der Waals surface area contributed by atoms with E-state index in [2.05, 4.69) is 32.0 Å². The van der Waals surface area contributed by atoms with Gasteiger partial charge in [0.15, 0.2) is 0 Å². The summed E-state index contributed by atoms with van der Waals surface area (Å²) in [4.78, 5) is 0. The second kappa shape index (κ2) is 4.54. The van der Waals surface area contributed by atoms with Crippen LogP contribution in [-0.2, 0) is 0 Å². The van der Waals surface area contributed by atoms with Crippen molar-refractivity contribution in [3.8, 4) is 6.07 Å². The first kappa shape index (κ1) is 13.1. The number of nitrogens with zero attached hydrogens (tertiary/aromatic N) is 2. The molecule has 0 radical (unpaired) electrons. The summed E-state index contributed by atoms with van der Waals surface area (Å²) >= 11 is 0. The van der Waals surface area contributed by atoms with Crippen molar-refractivity contribution in [3.63, 3.8) is 0 Å². The first-order chi connectivity index (χ1) is 6.27. The van der Waals surface area contributed by atoms with Crippen LogP contribution in [0, 0.1) is 33.6 Å². The van der Waals surface area contributed by atoms with E-state index in [0.717, 1.165) is 6.42 Å². The van der Waals surface area contributed by atoms with Crippen molar-refractivity contribution in [2.45, 2.75) is 41.0 Å². The fraction of sp³-hybridized carbons (Fsp3) is 0.909. The molecule has 0 bridgehead atoms. The van der Waals surface area contributed by atoms with E-state index >= 15 is 0 Å². The predicted molar refractivity (Wildman–Crippen MR) is 57.0 cm³/mol. The standard InChI is InChI=1S/C11H21N3/c1-9(7-14-13)6-11(5,8-12)10(2,3)4/h9,13H,6-7H2,1-5H3. The van der Waals surface area contributed by atoms with E-state index in [0.29, 0.717) is 12.5 Å². The Kier molecular flexibility index (Phi) is 4.25. The Morgan fingerprint density at radius 2 is 1.86 bits per heavy atom. The van der Waals surface area contributed by atoms with E-state index in [-0.39, 0.29) is 10.8 Å². The van der Waals surface area contributed by atoms with Crippen LogP contribution < -0.4 is 0 Å². The fourth-order valence-corrected chi connectivity index (χ4v) is 1.44. The normalized spacial score (nSPS) is 18.0. The van der Waals surface area contributed by atoms with Gasteiger partial charge < -0.3 is 0 Å². The molecular weight excluding hydrogens is 174 g/mol. The van der Waals surface area contributed by atoms with Crippen LogP contribution in [0.2, 0.25) is 0 Å². The largest absolute Gasteiger partial charge is 0.210 e. The molecule has 1 N–H and O–H groups in total. The van der Waals surface area contributed by atoms with Crippen LogP contribution >= 0.6 is 0 Å². The molecule has 2 unspecified atom stereocenters. The minimum Gasteiger partial charge on any atom is -0.210 e. The molecule has 3 heteroatoms. The number of rotatable bonds is 4. The molecule has 0 aliphatic heterocycles. The highest BCUT2D eigenvalue weighted by Crippen LogP contribution is 2.42. The Morgan fingerprint density at radius 1 is 1.36 bits per heavy atom. The molecule has 0 spiro atoms. The van der Waals surface area contributed by atoms with Crippen LogP contribution in [0.25, 0.3) is 0 Å². The van der Waals surface area contributed by atoms with Crippen molar-refractivity contribution in [1.82, 2.24) is 0 Å². The van der Waals surface area contributed by atoms with Gasteiger partial charge in [0.25, 0.3) is 0 Å². The maximum Gasteiger partial charge on any atom is 0.0692 e. The number of hydrogen-bond acceptors (Lipinski definition) is 3. The average Bonchev–Trinajstić information content (AvgIpc) is 2.02. The SMILES string of the molecule is CC(CN=N)CC(C)(C#N)C(C)(C)C. The zero-order chi connectivity index (χ0) is 11.4. The molecule has 0 aromatic carbocycles. The molecule has 0 aliphatic carbocycles. The third kappa shape index (κ3) is 3.10. The minimum atomic E-state index is -0.336. The molecule has 0 saturated carbocycles. The molecule has 0 heterocycles. The van der Waals surface area contributed by atoms with Crippen LogP contribution in [0.4, 0.5) is 0 Å². The first-order valence-electron chi connectivity index (χ1n) is 5.01. The van der Waals surface area contributed by atoms with E-state index in [1.807, 2.05) is 13.8 Å². The van der Waals surface area contributed by atoms with Gasteiger partial charge in [0.2, 0.25) is 0 Å². The molecule has 0 amide bonds. The topological polar surface area (TPSA) is 60.0 Å². The van der Waals surface area contributed by atoms with Crippen molar-refractivity contribution in [3.05, 3.63) is 0 Å². The van der Waals surface area contributed by atoms with Crippen molar-refractivity contribution >= 4 is 0 Å². The number of nitriles is 1. The Morgan fingerprint density at radius 3 is 2.14 bits per heavy atom. The van der Waals surface area contributed by atoms with Crippen LogP contribution in [0.5, 0.6) is 0 Å². The molecule has 2 atom stereocenters. The smallest absolute Gasteiger partial charge is 0.0692 e. The van der Waals surface area contributed by atoms with E-state index < -0.39 is 0 Å². The summed E-state index contributed by atoms with van der Waals surface area (Å²) in [6, 6.07) is 2.40. The zero-order valence-electron chi connectivity index (χ0n) is 9.89. The molecule has 0 saturated heterocycles. The minimum absolute atomic E-state index is 0.0297. The predicted octanol–water partition coefficient (Wildman–Crippen LogP) is 3.62. The van der Waals surface area contributed by atoms with Crippen LogP contribution in [0.3, 0.4) is 0 Å². The van der Waals surface area contributed by atoms with Crippen molar-refractivity contribution in [2.24, 2.45) is 21.9 Å². The first-order valence-corrected chi connectivity index (χ1v) is 5.01. The van der Waals surface area contributed by atoms with Crippen molar-refractivity contribution < 1.29 is 0 Å². The maximum absolute atomic E-state index is 9.21. The summed E-state index contributed by atoms with van der Waals surface area (Å²) in [5.41, 5.74) is 6.43. The summed E-state index contributed by atoms with van der Waals surface area (Å²) in [7, 11) is 0. The summed E-state index contributed by atoms with van der Waals surface area (Å²) < 4.78 is 0. The average molecular weight is 195 g/mol. The summed E-state index contributed by atoms with van der Waals surface area (Å²) in [5, 5.41) is 12.6. The Hall–Kier alpha value is -0.910. The fourth-order valence-electron chi connectivity index (χ4n) is 1.44. The molecule has 0 aliphatic rings. The van der Waals surface area contributed by atoms with Gasteiger partial charge in [0.05, 0.1) is 18.0 Å². The van der Waals surface area contributed by atoms with E-state index in [9.17, 15) is 5.26 Å². The molecular formula is C11H21N3. The molecule has 0 aromatic heterocycles. The lowest BCUT2D eigenvalue weighted by Crippen LogP contribution is -2.33. The van der Waals surface area contributed by atoms with Crippen LogP contribution in [-0.4, -0.2) is 6.54 Å². The van der Waals surface area contributed by atoms with Crippen molar-refractivity contribution in [2.75, 3.05) is 6.54 Å². The quantitative estimate of drug-likeness (QED) is 0.684. The summed E-state index contributed by atoms with van der Waals surface area (Å²) in [6.45, 7) is 10.8. The van der Waals surface area contributed by atoms with Gasteiger partial charge in [-0.3, -0.25) is 0 Å². The molecule has 0 aromatic rings. The van der Waals surface area contributed by atoms with Gasteiger partial charge in [-0.2, -0.15) is 10.4 Å². The molecule has 14 heavy (non-hydrogen) atoms. The van der Waals surface area contributed by atoms with Gasteiger partial charge in [-0.05, 0) is 24.7 Å². The van der Waals surface area contributed by atoms with E-state index in [1.54, 1.807) is 0 Å². The lowest BCUT2D eigenvalue weighted by Gasteiger charge is -2.37. The highest BCUT2D eigenvalue weighted by Gasteiger charge is 2.38. The third-order valence-electron chi connectivity index (χ3n) is 3.06. The monoisotopic (exact) mass is 195 g/mol. The van der Waals surface area contributed by atoms with Crippen LogP contribution in [0.15, 0.2) is 5.11 Å². The Balaban J connectivity index is 4.58. The second-order valence-corrected chi connectivity index (χ2v) is 5.34. The Bertz CT molecular complexity index is 234. The van der Waals surface area contributed by atoms with Gasteiger partial charge in [-0.15, -0.1) is 0 Å². The number of nitrogens with one attached hydrogen (secondary N) is 1. The maximum atomic E-state index is 9.21. The number of hydrogen-bond donors (Lipinski definition) is 1. The zero-order valence-corrected chi connectivity index (χ0v) is 9.89. The van der Waals surface area contributed by atoms with Gasteiger partial charge in [-0.1, -0.05) is 27.7 Å². The third-order valence-corrected chi connectivity index (χ3v) is 3.06. The van der Waals surface area contributed by atoms with Crippen LogP contribution in [0.1, 0.15) is 41.0 Å². The molecule has 0 fully saturated rings. The lowest BCUT2D eigenvalue weighted by atomic mass is 9.65. The summed E-state index contributed by atoms with van der Waals surface area (Å²) in [5.74, 6) is 0.302.